The predicted octanol–water partition coefficient (Wildman–Crippen LogP) is 0.903. The van der Waals surface area contributed by atoms with E-state index in [1.165, 1.54) is 0 Å². The van der Waals surface area contributed by atoms with Gasteiger partial charge in [-0.05, 0) is 12.3 Å². The molecule has 0 radical (unpaired) electrons. The highest BCUT2D eigenvalue weighted by Crippen LogP contribution is 2.18. The molecule has 1 rings (SSSR count). The van der Waals surface area contributed by atoms with Crippen molar-refractivity contribution < 1.29 is 14.3 Å². The summed E-state index contributed by atoms with van der Waals surface area (Å²) in [6.45, 7) is 7.46. The van der Waals surface area contributed by atoms with Crippen LogP contribution in [0.25, 0.3) is 0 Å². The molecule has 0 aromatic heterocycles. The minimum absolute atomic E-state index is 0. The molecular formula is C13H27ClN2O3. The van der Waals surface area contributed by atoms with Gasteiger partial charge in [0, 0.05) is 26.1 Å². The fourth-order valence-corrected chi connectivity index (χ4v) is 2.06. The van der Waals surface area contributed by atoms with Gasteiger partial charge in [0.05, 0.1) is 25.9 Å². The molecular weight excluding hydrogens is 268 g/mol. The number of carbonyl (C=O) groups is 1. The number of nitrogens with zero attached hydrogens (tertiary/aromatic N) is 1. The SMILES string of the molecule is COCCOCC1CCN(C(=O)[C@@H](N)C(C)C)C1.Cl. The molecule has 1 aliphatic rings. The molecule has 1 fully saturated rings. The Balaban J connectivity index is 0.00000324. The van der Waals surface area contributed by atoms with Gasteiger partial charge in [-0.15, -0.1) is 12.4 Å². The number of carbonyl (C=O) groups excluding carboxylic acids is 1. The number of amides is 1. The number of methoxy groups -OCH3 is 1. The lowest BCUT2D eigenvalue weighted by Crippen LogP contribution is -2.45. The first kappa shape index (κ1) is 18.6. The summed E-state index contributed by atoms with van der Waals surface area (Å²) in [5.41, 5.74) is 5.89. The summed E-state index contributed by atoms with van der Waals surface area (Å²) >= 11 is 0. The summed E-state index contributed by atoms with van der Waals surface area (Å²) in [6, 6.07) is -0.377. The van der Waals surface area contributed by atoms with E-state index >= 15 is 0 Å². The van der Waals surface area contributed by atoms with E-state index in [1.54, 1.807) is 7.11 Å². The second kappa shape index (κ2) is 9.53. The predicted molar refractivity (Wildman–Crippen MR) is 77.4 cm³/mol. The van der Waals surface area contributed by atoms with Gasteiger partial charge in [-0.25, -0.2) is 0 Å². The molecule has 6 heteroatoms. The van der Waals surface area contributed by atoms with Crippen LogP contribution in [-0.4, -0.2) is 56.9 Å². The molecule has 1 unspecified atom stereocenters. The molecule has 0 saturated carbocycles. The Morgan fingerprint density at radius 3 is 2.68 bits per heavy atom. The topological polar surface area (TPSA) is 64.8 Å². The second-order valence-corrected chi connectivity index (χ2v) is 5.28. The Bertz CT molecular complexity index is 264. The molecule has 5 nitrogen and oxygen atoms in total. The smallest absolute Gasteiger partial charge is 0.239 e. The molecule has 0 aliphatic carbocycles. The maximum atomic E-state index is 12.0. The Morgan fingerprint density at radius 1 is 1.42 bits per heavy atom. The summed E-state index contributed by atoms with van der Waals surface area (Å²) in [4.78, 5) is 13.9. The molecule has 0 aromatic carbocycles. The van der Waals surface area contributed by atoms with E-state index in [-0.39, 0.29) is 30.3 Å². The van der Waals surface area contributed by atoms with Crippen LogP contribution in [0.15, 0.2) is 0 Å². The Hall–Kier alpha value is -0.360. The highest BCUT2D eigenvalue weighted by Gasteiger charge is 2.30. The summed E-state index contributed by atoms with van der Waals surface area (Å²) < 4.78 is 10.4. The molecule has 0 spiro atoms. The van der Waals surface area contributed by atoms with Gasteiger partial charge in [0.15, 0.2) is 0 Å². The standard InChI is InChI=1S/C13H26N2O3.ClH/c1-10(2)12(14)13(16)15-5-4-11(8-15)9-18-7-6-17-3;/h10-12H,4-9,14H2,1-3H3;1H/t11?,12-;/m0./s1. The first-order chi connectivity index (χ1) is 8.56. The Labute approximate surface area is 122 Å². The number of hydrogen-bond acceptors (Lipinski definition) is 4. The zero-order valence-corrected chi connectivity index (χ0v) is 12.9. The van der Waals surface area contributed by atoms with Crippen molar-refractivity contribution in [2.45, 2.75) is 26.3 Å². The van der Waals surface area contributed by atoms with E-state index in [0.29, 0.717) is 25.7 Å². The van der Waals surface area contributed by atoms with E-state index in [9.17, 15) is 4.79 Å². The number of likely N-dealkylation sites (tertiary alicyclic amines) is 1. The third-order valence-electron chi connectivity index (χ3n) is 3.39. The third-order valence-corrected chi connectivity index (χ3v) is 3.39. The van der Waals surface area contributed by atoms with Gasteiger partial charge in [0.2, 0.25) is 5.91 Å². The van der Waals surface area contributed by atoms with Crippen molar-refractivity contribution >= 4 is 18.3 Å². The summed E-state index contributed by atoms with van der Waals surface area (Å²) in [7, 11) is 1.66. The normalized spacial score (nSPS) is 20.5. The highest BCUT2D eigenvalue weighted by molar-refractivity contribution is 5.85. The number of ether oxygens (including phenoxy) is 2. The van der Waals surface area contributed by atoms with Gasteiger partial charge in [0.25, 0.3) is 0 Å². The zero-order valence-electron chi connectivity index (χ0n) is 12.1. The van der Waals surface area contributed by atoms with Crippen LogP contribution in [0.5, 0.6) is 0 Å². The maximum absolute atomic E-state index is 12.0. The van der Waals surface area contributed by atoms with Gasteiger partial charge in [-0.1, -0.05) is 13.8 Å². The molecule has 2 N–H and O–H groups in total. The van der Waals surface area contributed by atoms with E-state index in [0.717, 1.165) is 19.5 Å². The van der Waals surface area contributed by atoms with Gasteiger partial charge < -0.3 is 20.1 Å². The first-order valence-corrected chi connectivity index (χ1v) is 6.67. The van der Waals surface area contributed by atoms with Gasteiger partial charge in [-0.2, -0.15) is 0 Å². The van der Waals surface area contributed by atoms with Crippen LogP contribution < -0.4 is 5.73 Å². The first-order valence-electron chi connectivity index (χ1n) is 6.67. The van der Waals surface area contributed by atoms with Crippen LogP contribution in [0.3, 0.4) is 0 Å². The van der Waals surface area contributed by atoms with Crippen molar-refractivity contribution in [3.05, 3.63) is 0 Å². The second-order valence-electron chi connectivity index (χ2n) is 5.28. The van der Waals surface area contributed by atoms with Crippen LogP contribution in [0.1, 0.15) is 20.3 Å². The van der Waals surface area contributed by atoms with Crippen LogP contribution >= 0.6 is 12.4 Å². The number of rotatable bonds is 7. The molecule has 2 atom stereocenters. The summed E-state index contributed by atoms with van der Waals surface area (Å²) in [6.07, 6.45) is 1.00. The van der Waals surface area contributed by atoms with Gasteiger partial charge >= 0.3 is 0 Å². The number of nitrogens with two attached hydrogens (primary N) is 1. The van der Waals surface area contributed by atoms with E-state index < -0.39 is 0 Å². The summed E-state index contributed by atoms with van der Waals surface area (Å²) in [5.74, 6) is 0.698. The van der Waals surface area contributed by atoms with Crippen molar-refractivity contribution in [1.82, 2.24) is 4.90 Å². The van der Waals surface area contributed by atoms with E-state index in [2.05, 4.69) is 0 Å². The molecule has 0 aromatic rings. The van der Waals surface area contributed by atoms with Crippen molar-refractivity contribution in [2.24, 2.45) is 17.6 Å². The number of hydrogen-bond donors (Lipinski definition) is 1. The Morgan fingerprint density at radius 2 is 2.11 bits per heavy atom. The lowest BCUT2D eigenvalue weighted by Gasteiger charge is -2.23. The zero-order chi connectivity index (χ0) is 13.5. The van der Waals surface area contributed by atoms with Crippen molar-refractivity contribution in [1.29, 1.82) is 0 Å². The quantitative estimate of drug-likeness (QED) is 0.709. The molecule has 1 aliphatic heterocycles. The van der Waals surface area contributed by atoms with Crippen LogP contribution in [0.2, 0.25) is 0 Å². The van der Waals surface area contributed by atoms with E-state index in [4.69, 9.17) is 15.2 Å². The lowest BCUT2D eigenvalue weighted by molar-refractivity contribution is -0.132. The van der Waals surface area contributed by atoms with Crippen molar-refractivity contribution in [3.8, 4) is 0 Å². The van der Waals surface area contributed by atoms with Crippen LogP contribution in [-0.2, 0) is 14.3 Å². The fourth-order valence-electron chi connectivity index (χ4n) is 2.06. The minimum atomic E-state index is -0.377. The number of halogens is 1. The monoisotopic (exact) mass is 294 g/mol. The Kier molecular flexibility index (Phi) is 9.35. The maximum Gasteiger partial charge on any atom is 0.239 e. The van der Waals surface area contributed by atoms with Gasteiger partial charge in [0.1, 0.15) is 0 Å². The average molecular weight is 295 g/mol. The van der Waals surface area contributed by atoms with E-state index in [1.807, 2.05) is 18.7 Å². The molecule has 1 saturated heterocycles. The van der Waals surface area contributed by atoms with Crippen molar-refractivity contribution in [2.75, 3.05) is 40.0 Å². The highest BCUT2D eigenvalue weighted by atomic mass is 35.5. The van der Waals surface area contributed by atoms with Gasteiger partial charge in [-0.3, -0.25) is 4.79 Å². The molecule has 0 bridgehead atoms. The van der Waals surface area contributed by atoms with Crippen LogP contribution in [0, 0.1) is 11.8 Å². The van der Waals surface area contributed by atoms with Crippen LogP contribution in [0.4, 0.5) is 0 Å². The minimum Gasteiger partial charge on any atom is -0.382 e. The molecule has 1 amide bonds. The fraction of sp³-hybridized carbons (Fsp3) is 0.923. The third kappa shape index (κ3) is 6.08. The van der Waals surface area contributed by atoms with Crippen molar-refractivity contribution in [3.63, 3.8) is 0 Å². The summed E-state index contributed by atoms with van der Waals surface area (Å²) in [5, 5.41) is 0. The lowest BCUT2D eigenvalue weighted by atomic mass is 10.0. The average Bonchev–Trinajstić information content (AvgIpc) is 2.81. The largest absolute Gasteiger partial charge is 0.382 e. The molecule has 19 heavy (non-hydrogen) atoms. The molecule has 1 heterocycles. The molecule has 114 valence electrons.